The quantitative estimate of drug-likeness (QED) is 0.641. The van der Waals surface area contributed by atoms with Crippen LogP contribution >= 0.6 is 0 Å². The van der Waals surface area contributed by atoms with Crippen molar-refractivity contribution in [2.24, 2.45) is 0 Å². The number of ether oxygens (including phenoxy) is 2. The van der Waals surface area contributed by atoms with Crippen molar-refractivity contribution in [2.45, 2.75) is 20.3 Å². The molecule has 3 rings (SSSR count). The number of fused-ring (bicyclic) bond motifs is 1. The van der Waals surface area contributed by atoms with Crippen LogP contribution in [0.2, 0.25) is 0 Å². The molecule has 150 valence electrons. The first-order valence-corrected chi connectivity index (χ1v) is 8.98. The summed E-state index contributed by atoms with van der Waals surface area (Å²) in [5, 5.41) is 3.48. The summed E-state index contributed by atoms with van der Waals surface area (Å²) in [5.41, 5.74) is 3.98. The Morgan fingerprint density at radius 2 is 1.86 bits per heavy atom. The molecule has 0 aliphatic heterocycles. The summed E-state index contributed by atoms with van der Waals surface area (Å²) in [7, 11) is 1.28. The number of methoxy groups -OCH3 is 1. The van der Waals surface area contributed by atoms with Crippen molar-refractivity contribution in [1.82, 2.24) is 0 Å². The van der Waals surface area contributed by atoms with E-state index in [0.29, 0.717) is 22.4 Å². The van der Waals surface area contributed by atoms with Crippen LogP contribution in [0.5, 0.6) is 0 Å². The zero-order chi connectivity index (χ0) is 21.0. The lowest BCUT2D eigenvalue weighted by Crippen LogP contribution is -2.22. The Balaban J connectivity index is 1.57. The maximum atomic E-state index is 12.1. The Morgan fingerprint density at radius 3 is 2.62 bits per heavy atom. The Kier molecular flexibility index (Phi) is 5.97. The Morgan fingerprint density at radius 1 is 1.07 bits per heavy atom. The van der Waals surface area contributed by atoms with Gasteiger partial charge in [-0.05, 0) is 43.2 Å². The molecular formula is C22H21NO6. The van der Waals surface area contributed by atoms with Gasteiger partial charge in [-0.1, -0.05) is 18.2 Å². The number of anilines is 1. The van der Waals surface area contributed by atoms with E-state index in [9.17, 15) is 14.4 Å². The van der Waals surface area contributed by atoms with Gasteiger partial charge in [-0.25, -0.2) is 4.79 Å². The van der Waals surface area contributed by atoms with Gasteiger partial charge in [0.25, 0.3) is 5.91 Å². The predicted octanol–water partition coefficient (Wildman–Crippen LogP) is 3.56. The van der Waals surface area contributed by atoms with E-state index in [0.717, 1.165) is 16.5 Å². The standard InChI is InChI=1S/C22H21NO6/c1-13-4-7-17-16(11-28-19(17)8-13)10-21(25)29-12-20(24)23-18-9-15(22(26)27-3)6-5-14(18)2/h4-9,11H,10,12H2,1-3H3,(H,23,24). The number of hydrogen-bond donors (Lipinski definition) is 1. The molecule has 7 heteroatoms. The number of nitrogens with one attached hydrogen (secondary N) is 1. The van der Waals surface area contributed by atoms with Crippen LogP contribution in [0.4, 0.5) is 5.69 Å². The second kappa shape index (κ2) is 8.60. The average molecular weight is 395 g/mol. The Bertz CT molecular complexity index is 1080. The summed E-state index contributed by atoms with van der Waals surface area (Å²) in [5.74, 6) is -1.55. The highest BCUT2D eigenvalue weighted by Crippen LogP contribution is 2.23. The summed E-state index contributed by atoms with van der Waals surface area (Å²) < 4.78 is 15.2. The minimum absolute atomic E-state index is 0.000193. The first-order valence-electron chi connectivity index (χ1n) is 8.98. The molecule has 0 aliphatic carbocycles. The molecule has 0 saturated carbocycles. The van der Waals surface area contributed by atoms with E-state index in [1.807, 2.05) is 25.1 Å². The number of amides is 1. The third kappa shape index (κ3) is 4.82. The van der Waals surface area contributed by atoms with E-state index in [1.54, 1.807) is 19.1 Å². The molecule has 0 saturated heterocycles. The van der Waals surface area contributed by atoms with Gasteiger partial charge in [-0.3, -0.25) is 9.59 Å². The second-order valence-electron chi connectivity index (χ2n) is 6.67. The largest absolute Gasteiger partial charge is 0.465 e. The van der Waals surface area contributed by atoms with Crippen LogP contribution in [-0.4, -0.2) is 31.6 Å². The number of aryl methyl sites for hydroxylation is 2. The lowest BCUT2D eigenvalue weighted by molar-refractivity contribution is -0.146. The fraction of sp³-hybridized carbons (Fsp3) is 0.227. The lowest BCUT2D eigenvalue weighted by atomic mass is 10.1. The number of hydrogen-bond acceptors (Lipinski definition) is 6. The lowest BCUT2D eigenvalue weighted by Gasteiger charge is -2.10. The van der Waals surface area contributed by atoms with Gasteiger partial charge in [0.15, 0.2) is 6.61 Å². The molecule has 29 heavy (non-hydrogen) atoms. The molecule has 2 aromatic carbocycles. The summed E-state index contributed by atoms with van der Waals surface area (Å²) in [6, 6.07) is 10.5. The molecule has 7 nitrogen and oxygen atoms in total. The molecule has 0 unspecified atom stereocenters. The van der Waals surface area contributed by atoms with Crippen molar-refractivity contribution in [3.05, 3.63) is 64.9 Å². The number of furan rings is 1. The zero-order valence-corrected chi connectivity index (χ0v) is 16.4. The van der Waals surface area contributed by atoms with E-state index >= 15 is 0 Å². The third-order valence-electron chi connectivity index (χ3n) is 4.44. The van der Waals surface area contributed by atoms with Gasteiger partial charge in [0.1, 0.15) is 5.58 Å². The van der Waals surface area contributed by atoms with Gasteiger partial charge in [0.05, 0.1) is 25.4 Å². The molecular weight excluding hydrogens is 374 g/mol. The SMILES string of the molecule is COC(=O)c1ccc(C)c(NC(=O)COC(=O)Cc2coc3cc(C)ccc23)c1. The number of carbonyl (C=O) groups is 3. The minimum Gasteiger partial charge on any atom is -0.465 e. The van der Waals surface area contributed by atoms with Crippen molar-refractivity contribution in [2.75, 3.05) is 19.0 Å². The van der Waals surface area contributed by atoms with Crippen LogP contribution in [0.15, 0.2) is 47.1 Å². The Labute approximate surface area is 167 Å². The van der Waals surface area contributed by atoms with Gasteiger partial charge in [0.2, 0.25) is 0 Å². The summed E-state index contributed by atoms with van der Waals surface area (Å²) in [4.78, 5) is 35.9. The van der Waals surface area contributed by atoms with Crippen molar-refractivity contribution in [1.29, 1.82) is 0 Å². The molecule has 0 spiro atoms. The molecule has 0 atom stereocenters. The highest BCUT2D eigenvalue weighted by atomic mass is 16.5. The normalized spacial score (nSPS) is 10.6. The van der Waals surface area contributed by atoms with Crippen LogP contribution in [-0.2, 0) is 25.5 Å². The highest BCUT2D eigenvalue weighted by molar-refractivity contribution is 5.96. The van der Waals surface area contributed by atoms with E-state index in [-0.39, 0.29) is 6.42 Å². The van der Waals surface area contributed by atoms with Gasteiger partial charge in [0, 0.05) is 16.6 Å². The van der Waals surface area contributed by atoms with Crippen molar-refractivity contribution < 1.29 is 28.3 Å². The number of esters is 2. The summed E-state index contributed by atoms with van der Waals surface area (Å²) in [6.45, 7) is 3.31. The number of benzene rings is 2. The molecule has 0 radical (unpaired) electrons. The predicted molar refractivity (Wildman–Crippen MR) is 107 cm³/mol. The monoisotopic (exact) mass is 395 g/mol. The van der Waals surface area contributed by atoms with Gasteiger partial charge in [-0.2, -0.15) is 0 Å². The van der Waals surface area contributed by atoms with Gasteiger partial charge < -0.3 is 19.2 Å². The fourth-order valence-electron chi connectivity index (χ4n) is 2.87. The number of rotatable bonds is 6. The van der Waals surface area contributed by atoms with Crippen molar-refractivity contribution in [3.8, 4) is 0 Å². The maximum Gasteiger partial charge on any atom is 0.337 e. The zero-order valence-electron chi connectivity index (χ0n) is 16.4. The minimum atomic E-state index is -0.538. The second-order valence-corrected chi connectivity index (χ2v) is 6.67. The first-order chi connectivity index (χ1) is 13.9. The average Bonchev–Trinajstić information content (AvgIpc) is 3.09. The topological polar surface area (TPSA) is 94.8 Å². The fourth-order valence-corrected chi connectivity index (χ4v) is 2.87. The van der Waals surface area contributed by atoms with Crippen molar-refractivity contribution in [3.63, 3.8) is 0 Å². The van der Waals surface area contributed by atoms with Crippen LogP contribution in [0.1, 0.15) is 27.0 Å². The van der Waals surface area contributed by atoms with Gasteiger partial charge >= 0.3 is 11.9 Å². The van der Waals surface area contributed by atoms with E-state index < -0.39 is 24.5 Å². The maximum absolute atomic E-state index is 12.1. The molecule has 1 heterocycles. The summed E-state index contributed by atoms with van der Waals surface area (Å²) in [6.07, 6.45) is 1.52. The van der Waals surface area contributed by atoms with Crippen LogP contribution in [0.3, 0.4) is 0 Å². The van der Waals surface area contributed by atoms with E-state index in [2.05, 4.69) is 10.1 Å². The van der Waals surface area contributed by atoms with Crippen molar-refractivity contribution >= 4 is 34.5 Å². The first kappa shape index (κ1) is 20.1. The molecule has 1 N–H and O–H groups in total. The van der Waals surface area contributed by atoms with Gasteiger partial charge in [-0.15, -0.1) is 0 Å². The molecule has 1 aromatic heterocycles. The van der Waals surface area contributed by atoms with Crippen LogP contribution < -0.4 is 5.32 Å². The molecule has 1 amide bonds. The molecule has 3 aromatic rings. The molecule has 0 bridgehead atoms. The third-order valence-corrected chi connectivity index (χ3v) is 4.44. The molecule has 0 fully saturated rings. The van der Waals surface area contributed by atoms with E-state index in [1.165, 1.54) is 19.4 Å². The van der Waals surface area contributed by atoms with E-state index in [4.69, 9.17) is 9.15 Å². The van der Waals surface area contributed by atoms with Crippen LogP contribution in [0, 0.1) is 13.8 Å². The number of carbonyl (C=O) groups excluding carboxylic acids is 3. The molecule has 0 aliphatic rings. The van der Waals surface area contributed by atoms with Crippen LogP contribution in [0.25, 0.3) is 11.0 Å². The smallest absolute Gasteiger partial charge is 0.337 e. The Hall–Kier alpha value is -3.61. The highest BCUT2D eigenvalue weighted by Gasteiger charge is 2.14. The summed E-state index contributed by atoms with van der Waals surface area (Å²) >= 11 is 0.